The molecular formula is C15H20N2O. The predicted octanol–water partition coefficient (Wildman–Crippen LogP) is 2.82. The summed E-state index contributed by atoms with van der Waals surface area (Å²) in [6.07, 6.45) is 5.37. The van der Waals surface area contributed by atoms with Crippen molar-refractivity contribution in [1.82, 2.24) is 5.32 Å². The Bertz CT molecular complexity index is 514. The van der Waals surface area contributed by atoms with Gasteiger partial charge in [-0.05, 0) is 44.3 Å². The highest BCUT2D eigenvalue weighted by molar-refractivity contribution is 5.81. The van der Waals surface area contributed by atoms with Crippen molar-refractivity contribution >= 4 is 11.0 Å². The maximum Gasteiger partial charge on any atom is 0.134 e. The third-order valence-electron chi connectivity index (χ3n) is 3.96. The van der Waals surface area contributed by atoms with E-state index >= 15 is 0 Å². The first-order valence-electron chi connectivity index (χ1n) is 6.77. The van der Waals surface area contributed by atoms with Crippen LogP contribution >= 0.6 is 0 Å². The monoisotopic (exact) mass is 244 g/mol. The largest absolute Gasteiger partial charge is 0.464 e. The second kappa shape index (κ2) is 5.12. The van der Waals surface area contributed by atoms with Gasteiger partial charge >= 0.3 is 0 Å². The van der Waals surface area contributed by atoms with E-state index in [4.69, 9.17) is 10.2 Å². The zero-order chi connectivity index (χ0) is 12.4. The lowest BCUT2D eigenvalue weighted by Crippen LogP contribution is -2.29. The SMILES string of the molecule is NC(CC1CCNCC1)c1coc2ccccc12. The average molecular weight is 244 g/mol. The number of hydrogen-bond acceptors (Lipinski definition) is 3. The van der Waals surface area contributed by atoms with E-state index in [2.05, 4.69) is 11.4 Å². The molecule has 2 heterocycles. The number of para-hydroxylation sites is 1. The van der Waals surface area contributed by atoms with E-state index in [1.807, 2.05) is 24.5 Å². The molecule has 3 N–H and O–H groups in total. The van der Waals surface area contributed by atoms with Gasteiger partial charge in [-0.15, -0.1) is 0 Å². The Kier molecular flexibility index (Phi) is 3.35. The molecule has 1 aliphatic rings. The van der Waals surface area contributed by atoms with Crippen LogP contribution < -0.4 is 11.1 Å². The molecule has 0 radical (unpaired) electrons. The Morgan fingerprint density at radius 2 is 2.06 bits per heavy atom. The van der Waals surface area contributed by atoms with Gasteiger partial charge in [0.25, 0.3) is 0 Å². The van der Waals surface area contributed by atoms with Crippen molar-refractivity contribution < 1.29 is 4.42 Å². The van der Waals surface area contributed by atoms with Crippen LogP contribution in [0.15, 0.2) is 34.9 Å². The van der Waals surface area contributed by atoms with E-state index < -0.39 is 0 Å². The van der Waals surface area contributed by atoms with E-state index in [-0.39, 0.29) is 6.04 Å². The van der Waals surface area contributed by atoms with Gasteiger partial charge in [-0.3, -0.25) is 0 Å². The molecule has 96 valence electrons. The zero-order valence-electron chi connectivity index (χ0n) is 10.6. The third-order valence-corrected chi connectivity index (χ3v) is 3.96. The van der Waals surface area contributed by atoms with E-state index in [9.17, 15) is 0 Å². The molecule has 1 unspecified atom stereocenters. The standard InChI is InChI=1S/C15H20N2O/c16-14(9-11-5-7-17-8-6-11)13-10-18-15-4-2-1-3-12(13)15/h1-4,10-11,14,17H,5-9,16H2. The Morgan fingerprint density at radius 1 is 1.28 bits per heavy atom. The number of benzene rings is 1. The summed E-state index contributed by atoms with van der Waals surface area (Å²) in [5, 5.41) is 4.56. The molecular weight excluding hydrogens is 224 g/mol. The average Bonchev–Trinajstić information content (AvgIpc) is 2.84. The second-order valence-electron chi connectivity index (χ2n) is 5.22. The maximum atomic E-state index is 6.36. The van der Waals surface area contributed by atoms with E-state index in [1.54, 1.807) is 0 Å². The van der Waals surface area contributed by atoms with Gasteiger partial charge in [-0.25, -0.2) is 0 Å². The van der Waals surface area contributed by atoms with E-state index in [1.165, 1.54) is 18.2 Å². The summed E-state index contributed by atoms with van der Waals surface area (Å²) in [5.41, 5.74) is 8.45. The van der Waals surface area contributed by atoms with Crippen LogP contribution in [0.1, 0.15) is 30.9 Å². The van der Waals surface area contributed by atoms with Crippen molar-refractivity contribution in [1.29, 1.82) is 0 Å². The number of rotatable bonds is 3. The summed E-state index contributed by atoms with van der Waals surface area (Å²) in [6, 6.07) is 8.22. The van der Waals surface area contributed by atoms with Crippen LogP contribution in [0.4, 0.5) is 0 Å². The van der Waals surface area contributed by atoms with Gasteiger partial charge in [0.2, 0.25) is 0 Å². The van der Waals surface area contributed by atoms with Crippen molar-refractivity contribution in [2.75, 3.05) is 13.1 Å². The van der Waals surface area contributed by atoms with Crippen molar-refractivity contribution in [2.24, 2.45) is 11.7 Å². The summed E-state index contributed by atoms with van der Waals surface area (Å²) in [4.78, 5) is 0. The molecule has 0 aliphatic carbocycles. The van der Waals surface area contributed by atoms with Crippen LogP contribution in [-0.2, 0) is 0 Å². The quantitative estimate of drug-likeness (QED) is 0.873. The molecule has 0 bridgehead atoms. The number of hydrogen-bond donors (Lipinski definition) is 2. The molecule has 0 spiro atoms. The van der Waals surface area contributed by atoms with Crippen LogP contribution in [0.25, 0.3) is 11.0 Å². The lowest BCUT2D eigenvalue weighted by atomic mass is 9.89. The van der Waals surface area contributed by atoms with Gasteiger partial charge < -0.3 is 15.5 Å². The Morgan fingerprint density at radius 3 is 2.89 bits per heavy atom. The topological polar surface area (TPSA) is 51.2 Å². The number of furan rings is 1. The van der Waals surface area contributed by atoms with E-state index in [0.29, 0.717) is 0 Å². The highest BCUT2D eigenvalue weighted by Crippen LogP contribution is 2.30. The molecule has 3 rings (SSSR count). The van der Waals surface area contributed by atoms with Gasteiger partial charge in [-0.1, -0.05) is 18.2 Å². The van der Waals surface area contributed by atoms with Crippen molar-refractivity contribution in [3.63, 3.8) is 0 Å². The summed E-state index contributed by atoms with van der Waals surface area (Å²) in [6.45, 7) is 2.26. The van der Waals surface area contributed by atoms with Crippen LogP contribution in [0.2, 0.25) is 0 Å². The Hall–Kier alpha value is -1.32. The first-order chi connectivity index (χ1) is 8.84. The Balaban J connectivity index is 1.76. The molecule has 1 fully saturated rings. The fourth-order valence-corrected chi connectivity index (χ4v) is 2.89. The molecule has 1 aliphatic heterocycles. The van der Waals surface area contributed by atoms with Crippen molar-refractivity contribution in [2.45, 2.75) is 25.3 Å². The summed E-state index contributed by atoms with van der Waals surface area (Å²) in [5.74, 6) is 0.745. The fraction of sp³-hybridized carbons (Fsp3) is 0.467. The van der Waals surface area contributed by atoms with Gasteiger partial charge in [0.05, 0.1) is 6.26 Å². The third kappa shape index (κ3) is 2.28. The van der Waals surface area contributed by atoms with Gasteiger partial charge in [-0.2, -0.15) is 0 Å². The number of nitrogens with one attached hydrogen (secondary N) is 1. The van der Waals surface area contributed by atoms with E-state index in [0.717, 1.165) is 36.6 Å². The van der Waals surface area contributed by atoms with Crippen LogP contribution in [-0.4, -0.2) is 13.1 Å². The van der Waals surface area contributed by atoms with Gasteiger partial charge in [0.15, 0.2) is 0 Å². The highest BCUT2D eigenvalue weighted by atomic mass is 16.3. The smallest absolute Gasteiger partial charge is 0.134 e. The van der Waals surface area contributed by atoms with Gasteiger partial charge in [0.1, 0.15) is 5.58 Å². The normalized spacial score (nSPS) is 19.2. The number of nitrogens with two attached hydrogens (primary N) is 1. The molecule has 2 aromatic rings. The molecule has 1 saturated heterocycles. The molecule has 1 aromatic heterocycles. The molecule has 0 saturated carbocycles. The summed E-state index contributed by atoms with van der Waals surface area (Å²) >= 11 is 0. The first kappa shape index (κ1) is 11.8. The molecule has 3 heteroatoms. The lowest BCUT2D eigenvalue weighted by molar-refractivity contribution is 0.333. The summed E-state index contributed by atoms with van der Waals surface area (Å²) in [7, 11) is 0. The minimum Gasteiger partial charge on any atom is -0.464 e. The lowest BCUT2D eigenvalue weighted by Gasteiger charge is -2.25. The maximum absolute atomic E-state index is 6.36. The minimum atomic E-state index is 0.0942. The van der Waals surface area contributed by atoms with Crippen LogP contribution in [0.3, 0.4) is 0 Å². The minimum absolute atomic E-state index is 0.0942. The van der Waals surface area contributed by atoms with Gasteiger partial charge in [0, 0.05) is 17.0 Å². The molecule has 3 nitrogen and oxygen atoms in total. The number of piperidine rings is 1. The van der Waals surface area contributed by atoms with Crippen molar-refractivity contribution in [3.8, 4) is 0 Å². The zero-order valence-corrected chi connectivity index (χ0v) is 10.6. The molecule has 1 aromatic carbocycles. The highest BCUT2D eigenvalue weighted by Gasteiger charge is 2.19. The first-order valence-corrected chi connectivity index (χ1v) is 6.77. The Labute approximate surface area is 107 Å². The molecule has 0 amide bonds. The van der Waals surface area contributed by atoms with Crippen LogP contribution in [0, 0.1) is 5.92 Å². The fourth-order valence-electron chi connectivity index (χ4n) is 2.89. The van der Waals surface area contributed by atoms with Crippen LogP contribution in [0.5, 0.6) is 0 Å². The second-order valence-corrected chi connectivity index (χ2v) is 5.22. The molecule has 18 heavy (non-hydrogen) atoms. The number of fused-ring (bicyclic) bond motifs is 1. The predicted molar refractivity (Wildman–Crippen MR) is 73.4 cm³/mol. The van der Waals surface area contributed by atoms with Crippen molar-refractivity contribution in [3.05, 3.63) is 36.1 Å². The molecule has 1 atom stereocenters. The summed E-state index contributed by atoms with van der Waals surface area (Å²) < 4.78 is 5.57.